The minimum Gasteiger partial charge on any atom is -0.406 e. The Balaban J connectivity index is 1.19. The van der Waals surface area contributed by atoms with Gasteiger partial charge in [-0.05, 0) is 48.1 Å². The van der Waals surface area contributed by atoms with E-state index in [0.29, 0.717) is 37.2 Å². The number of alkyl halides is 3. The second-order valence-electron chi connectivity index (χ2n) is 8.70. The predicted octanol–water partition coefficient (Wildman–Crippen LogP) is 3.99. The molecule has 2 N–H and O–H groups in total. The van der Waals surface area contributed by atoms with Crippen molar-refractivity contribution < 1.29 is 27.5 Å². The summed E-state index contributed by atoms with van der Waals surface area (Å²) in [7, 11) is 0. The molecule has 0 spiro atoms. The molecule has 0 unspecified atom stereocenters. The Morgan fingerprint density at radius 3 is 2.62 bits per heavy atom. The molecule has 2 amide bonds. The van der Waals surface area contributed by atoms with Crippen molar-refractivity contribution in [2.45, 2.75) is 45.3 Å². The van der Waals surface area contributed by atoms with Crippen molar-refractivity contribution in [3.63, 3.8) is 0 Å². The normalized spacial score (nSPS) is 11.3. The number of anilines is 1. The number of aryl methyl sites for hydroxylation is 2. The van der Waals surface area contributed by atoms with Crippen LogP contribution in [0.5, 0.6) is 5.75 Å². The molecule has 210 valence electrons. The molecule has 4 rings (SSSR count). The molecule has 0 saturated heterocycles. The van der Waals surface area contributed by atoms with Crippen LogP contribution in [-0.2, 0) is 30.8 Å². The number of carbonyl (C=O) groups is 2. The van der Waals surface area contributed by atoms with Gasteiger partial charge in [-0.2, -0.15) is 0 Å². The number of thiophene rings is 1. The van der Waals surface area contributed by atoms with Gasteiger partial charge in [-0.3, -0.25) is 19.1 Å². The fraction of sp³-hybridized carbons (Fsp3) is 0.269. The molecule has 4 aromatic rings. The number of nitrogens with zero attached hydrogens (tertiary/aromatic N) is 4. The fourth-order valence-electron chi connectivity index (χ4n) is 3.74. The molecule has 3 heterocycles. The van der Waals surface area contributed by atoms with Crippen LogP contribution < -0.4 is 20.9 Å². The van der Waals surface area contributed by atoms with Gasteiger partial charge in [0.25, 0.3) is 11.5 Å². The van der Waals surface area contributed by atoms with Crippen molar-refractivity contribution in [1.82, 2.24) is 24.9 Å². The van der Waals surface area contributed by atoms with Gasteiger partial charge in [-0.1, -0.05) is 23.4 Å². The summed E-state index contributed by atoms with van der Waals surface area (Å²) in [5.41, 5.74) is 0.699. The summed E-state index contributed by atoms with van der Waals surface area (Å²) in [5.74, 6) is -1.09. The van der Waals surface area contributed by atoms with Gasteiger partial charge in [0.05, 0.1) is 12.6 Å². The van der Waals surface area contributed by atoms with Gasteiger partial charge >= 0.3 is 6.36 Å². The number of amides is 2. The smallest absolute Gasteiger partial charge is 0.406 e. The van der Waals surface area contributed by atoms with E-state index in [1.807, 2.05) is 17.5 Å². The summed E-state index contributed by atoms with van der Waals surface area (Å²) in [4.78, 5) is 37.8. The molecule has 0 atom stereocenters. The van der Waals surface area contributed by atoms with Crippen molar-refractivity contribution in [3.05, 3.63) is 92.8 Å². The number of nitrogens with one attached hydrogen (secondary N) is 2. The number of pyridine rings is 1. The highest BCUT2D eigenvalue weighted by Gasteiger charge is 2.31. The van der Waals surface area contributed by atoms with E-state index in [1.165, 1.54) is 46.5 Å². The molecule has 0 aliphatic heterocycles. The van der Waals surface area contributed by atoms with Crippen LogP contribution in [0.4, 0.5) is 18.9 Å². The molecule has 0 aliphatic carbocycles. The van der Waals surface area contributed by atoms with Gasteiger partial charge < -0.3 is 19.9 Å². The van der Waals surface area contributed by atoms with Crippen LogP contribution in [0, 0.1) is 0 Å². The summed E-state index contributed by atoms with van der Waals surface area (Å²) < 4.78 is 44.1. The third kappa shape index (κ3) is 8.80. The van der Waals surface area contributed by atoms with Crippen LogP contribution in [0.2, 0.25) is 0 Å². The summed E-state index contributed by atoms with van der Waals surface area (Å²) in [5, 5.41) is 15.0. The quantitative estimate of drug-likeness (QED) is 0.247. The highest BCUT2D eigenvalue weighted by Crippen LogP contribution is 2.23. The third-order valence-electron chi connectivity index (χ3n) is 5.59. The molecular formula is C26H25F3N6O4S. The van der Waals surface area contributed by atoms with Crippen LogP contribution in [0.15, 0.2) is 71.1 Å². The minimum absolute atomic E-state index is 0.0212. The lowest BCUT2D eigenvalue weighted by Gasteiger charge is -2.10. The third-order valence-corrected chi connectivity index (χ3v) is 6.46. The zero-order chi connectivity index (χ0) is 28.5. The summed E-state index contributed by atoms with van der Waals surface area (Å²) >= 11 is 1.49. The van der Waals surface area contributed by atoms with Crippen molar-refractivity contribution in [3.8, 4) is 5.75 Å². The number of hydrogen-bond donors (Lipinski definition) is 2. The van der Waals surface area contributed by atoms with E-state index >= 15 is 0 Å². The Hall–Kier alpha value is -4.46. The second kappa shape index (κ2) is 13.1. The molecule has 0 saturated carbocycles. The van der Waals surface area contributed by atoms with Crippen LogP contribution in [0.25, 0.3) is 0 Å². The lowest BCUT2D eigenvalue weighted by molar-refractivity contribution is -0.274. The van der Waals surface area contributed by atoms with E-state index in [-0.39, 0.29) is 35.9 Å². The number of ether oxygens (including phenoxy) is 1. The zero-order valence-electron chi connectivity index (χ0n) is 21.1. The Morgan fingerprint density at radius 2 is 1.88 bits per heavy atom. The number of carbonyl (C=O) groups excluding carboxylic acids is 2. The zero-order valence-corrected chi connectivity index (χ0v) is 21.9. The summed E-state index contributed by atoms with van der Waals surface area (Å²) in [6.07, 6.45) is -0.139. The SMILES string of the molecule is O=C(Cc1cccs1)Nc1ccn(CCCCn2cc(C(=O)NCc3cccc(OC(F)(F)F)c3)nn2)c(=O)c1. The van der Waals surface area contributed by atoms with E-state index in [0.717, 1.165) is 4.88 Å². The van der Waals surface area contributed by atoms with Gasteiger partial charge in [0.2, 0.25) is 5.91 Å². The van der Waals surface area contributed by atoms with Crippen molar-refractivity contribution >= 4 is 28.8 Å². The Bertz CT molecular complexity index is 1500. The Kier molecular flexibility index (Phi) is 9.32. The van der Waals surface area contributed by atoms with E-state index in [2.05, 4.69) is 25.7 Å². The van der Waals surface area contributed by atoms with Crippen LogP contribution in [-0.4, -0.2) is 37.7 Å². The molecule has 0 bridgehead atoms. The van der Waals surface area contributed by atoms with Gasteiger partial charge in [-0.25, -0.2) is 0 Å². The van der Waals surface area contributed by atoms with Gasteiger partial charge in [-0.15, -0.1) is 29.6 Å². The molecular weight excluding hydrogens is 549 g/mol. The maximum atomic E-state index is 12.4. The topological polar surface area (TPSA) is 120 Å². The van der Waals surface area contributed by atoms with Gasteiger partial charge in [0.15, 0.2) is 5.69 Å². The van der Waals surface area contributed by atoms with Gasteiger partial charge in [0, 0.05) is 42.5 Å². The highest BCUT2D eigenvalue weighted by atomic mass is 32.1. The first-order valence-electron chi connectivity index (χ1n) is 12.2. The largest absolute Gasteiger partial charge is 0.573 e. The van der Waals surface area contributed by atoms with E-state index in [1.54, 1.807) is 22.9 Å². The number of benzene rings is 1. The number of unbranched alkanes of at least 4 members (excludes halogenated alkanes) is 1. The first-order valence-corrected chi connectivity index (χ1v) is 13.1. The monoisotopic (exact) mass is 574 g/mol. The Morgan fingerprint density at radius 1 is 1.05 bits per heavy atom. The summed E-state index contributed by atoms with van der Waals surface area (Å²) in [6, 6.07) is 12.1. The van der Waals surface area contributed by atoms with Crippen LogP contribution in [0.1, 0.15) is 33.8 Å². The van der Waals surface area contributed by atoms with Gasteiger partial charge in [0.1, 0.15) is 5.75 Å². The first kappa shape index (κ1) is 28.5. The molecule has 0 aliphatic rings. The molecule has 14 heteroatoms. The number of hydrogen-bond acceptors (Lipinski definition) is 7. The minimum atomic E-state index is -4.80. The Labute approximate surface area is 230 Å². The molecule has 1 aromatic carbocycles. The molecule has 40 heavy (non-hydrogen) atoms. The maximum Gasteiger partial charge on any atom is 0.573 e. The molecule has 0 fully saturated rings. The standard InChI is InChI=1S/C26H25F3N6O4S/c27-26(28,29)39-20-6-3-5-18(13-20)16-30-25(38)22-17-35(33-32-22)10-2-1-9-34-11-8-19(14-24(34)37)31-23(36)15-21-7-4-12-40-21/h3-8,11-14,17H,1-2,9-10,15-16H2,(H,30,38)(H,31,36). The first-order chi connectivity index (χ1) is 19.1. The maximum absolute atomic E-state index is 12.4. The molecule has 0 radical (unpaired) electrons. The second-order valence-corrected chi connectivity index (χ2v) is 9.74. The fourth-order valence-corrected chi connectivity index (χ4v) is 4.44. The van der Waals surface area contributed by atoms with Crippen molar-refractivity contribution in [2.24, 2.45) is 0 Å². The van der Waals surface area contributed by atoms with Crippen molar-refractivity contribution in [2.75, 3.05) is 5.32 Å². The number of aromatic nitrogens is 4. The van der Waals surface area contributed by atoms with Crippen LogP contribution >= 0.6 is 11.3 Å². The van der Waals surface area contributed by atoms with E-state index in [4.69, 9.17) is 0 Å². The number of halogens is 3. The predicted molar refractivity (Wildman–Crippen MR) is 141 cm³/mol. The lowest BCUT2D eigenvalue weighted by atomic mass is 10.2. The molecule has 10 nitrogen and oxygen atoms in total. The lowest BCUT2D eigenvalue weighted by Crippen LogP contribution is -2.23. The highest BCUT2D eigenvalue weighted by molar-refractivity contribution is 7.10. The average molecular weight is 575 g/mol. The summed E-state index contributed by atoms with van der Waals surface area (Å²) in [6.45, 7) is 0.900. The average Bonchev–Trinajstić information content (AvgIpc) is 3.58. The molecule has 3 aromatic heterocycles. The number of rotatable bonds is 12. The van der Waals surface area contributed by atoms with Crippen molar-refractivity contribution in [1.29, 1.82) is 0 Å². The van der Waals surface area contributed by atoms with Crippen LogP contribution in [0.3, 0.4) is 0 Å². The van der Waals surface area contributed by atoms with E-state index in [9.17, 15) is 27.6 Å². The van der Waals surface area contributed by atoms with E-state index < -0.39 is 12.3 Å².